The van der Waals surface area contributed by atoms with Crippen LogP contribution < -0.4 is 0 Å². The van der Waals surface area contributed by atoms with Gasteiger partial charge in [0.05, 0.1) is 0 Å². The van der Waals surface area contributed by atoms with Crippen LogP contribution in [0, 0.1) is 0 Å². The Labute approximate surface area is 50.4 Å². The van der Waals surface area contributed by atoms with E-state index in [9.17, 15) is 20.4 Å². The number of halogens is 2. The fourth-order valence-electron chi connectivity index (χ4n) is 0.110. The smallest absolute Gasteiger partial charge is 0.330 e. The van der Waals surface area contributed by atoms with Gasteiger partial charge in [-0.1, -0.05) is 3.89 Å². The van der Waals surface area contributed by atoms with Gasteiger partial charge >= 0.3 is 10.4 Å². The van der Waals surface area contributed by atoms with Gasteiger partial charge in [0.1, 0.15) is 0 Å². The van der Waals surface area contributed by atoms with Crippen molar-refractivity contribution in [2.75, 3.05) is 0 Å². The minimum atomic E-state index is -5.56. The summed E-state index contributed by atoms with van der Waals surface area (Å²) in [5.41, 5.74) is 0. The largest absolute Gasteiger partial charge is 0.385 e. The lowest BCUT2D eigenvalue weighted by molar-refractivity contribution is 0.556. The van der Waals surface area contributed by atoms with Gasteiger partial charge in [-0.3, -0.25) is 0 Å². The molecule has 0 saturated carbocycles. The molecule has 0 aromatic heterocycles. The summed E-state index contributed by atoms with van der Waals surface area (Å²) in [6.07, 6.45) is 0. The second-order valence-corrected chi connectivity index (χ2v) is 3.20. The molecule has 0 aliphatic rings. The summed E-state index contributed by atoms with van der Waals surface area (Å²) in [5.74, 6) is 0. The molecule has 0 amide bonds. The molecule has 0 aliphatic carbocycles. The van der Waals surface area contributed by atoms with E-state index >= 15 is 0 Å². The molecule has 0 aromatic rings. The Morgan fingerprint density at radius 2 is 1.56 bits per heavy atom. The third kappa shape index (κ3) is 7.72. The van der Waals surface area contributed by atoms with Gasteiger partial charge in [0.15, 0.2) is 0 Å². The van der Waals surface area contributed by atoms with Crippen LogP contribution in [0.2, 0.25) is 0 Å². The van der Waals surface area contributed by atoms with E-state index in [1.807, 2.05) is 0 Å². The maximum absolute atomic E-state index is 11.2. The normalized spacial score (nSPS) is 18.9. The van der Waals surface area contributed by atoms with Crippen molar-refractivity contribution in [2.45, 2.75) is 0 Å². The Bertz CT molecular complexity index is 242. The van der Waals surface area contributed by atoms with Crippen molar-refractivity contribution < 1.29 is 24.6 Å². The SMILES string of the molecule is O=S(=O)(F)[N-]S(=O)(=[OH+])F. The van der Waals surface area contributed by atoms with Gasteiger partial charge in [-0.15, -0.1) is 3.89 Å². The molecule has 5 nitrogen and oxygen atoms in total. The molecule has 0 radical (unpaired) electrons. The van der Waals surface area contributed by atoms with Crippen molar-refractivity contribution in [3.63, 3.8) is 0 Å². The molecule has 0 saturated heterocycles. The highest BCUT2D eigenvalue weighted by atomic mass is 32.3. The Morgan fingerprint density at radius 1 is 1.22 bits per heavy atom. The predicted octanol–water partition coefficient (Wildman–Crippen LogP) is -0.0542. The molecule has 0 fully saturated rings. The number of rotatable bonds is 2. The summed E-state index contributed by atoms with van der Waals surface area (Å²) in [6.45, 7) is 0. The molecule has 0 spiro atoms. The van der Waals surface area contributed by atoms with Crippen molar-refractivity contribution in [1.82, 2.24) is 0 Å². The minimum absolute atomic E-state index is 1.26. The van der Waals surface area contributed by atoms with E-state index in [4.69, 9.17) is 4.21 Å². The molecule has 56 valence electrons. The summed E-state index contributed by atoms with van der Waals surface area (Å²) < 4.78 is 58.8. The highest BCUT2D eigenvalue weighted by Crippen LogP contribution is 2.11. The fraction of sp³-hybridized carbons (Fsp3) is 0. The fourth-order valence-corrected chi connectivity index (χ4v) is 0.988. The second-order valence-electron chi connectivity index (χ2n) is 0.918. The van der Waals surface area contributed by atoms with E-state index in [1.54, 1.807) is 0 Å². The van der Waals surface area contributed by atoms with Crippen molar-refractivity contribution in [3.05, 3.63) is 4.13 Å². The number of hydrogen-bond donors (Lipinski definition) is 0. The number of nitrogens with zero attached hydrogens (tertiary/aromatic N) is 1. The summed E-state index contributed by atoms with van der Waals surface area (Å²) in [4.78, 5) is 0. The Balaban J connectivity index is 4.46. The maximum atomic E-state index is 11.2. The van der Waals surface area contributed by atoms with Gasteiger partial charge in [0.2, 0.25) is 10.4 Å². The first kappa shape index (κ1) is 8.72. The molecule has 1 unspecified atom stereocenters. The zero-order chi connectivity index (χ0) is 7.71. The molecule has 0 rings (SSSR count). The van der Waals surface area contributed by atoms with Crippen LogP contribution >= 0.6 is 0 Å². The quantitative estimate of drug-likeness (QED) is 0.441. The van der Waals surface area contributed by atoms with E-state index < -0.39 is 20.8 Å². The summed E-state index contributed by atoms with van der Waals surface area (Å²) in [6, 6.07) is 0. The molecule has 1 N–H and O–H groups in total. The molecule has 0 aliphatic heterocycles. The van der Waals surface area contributed by atoms with Crippen LogP contribution in [-0.4, -0.2) is 16.8 Å². The maximum Gasteiger partial charge on any atom is 0.385 e. The monoisotopic (exact) mass is 181 g/mol. The van der Waals surface area contributed by atoms with Crippen LogP contribution in [0.3, 0.4) is 0 Å². The van der Waals surface area contributed by atoms with Crippen LogP contribution in [0.4, 0.5) is 7.77 Å². The lowest BCUT2D eigenvalue weighted by atomic mass is 13.9. The van der Waals surface area contributed by atoms with Gasteiger partial charge in [-0.25, -0.2) is 12.6 Å². The predicted molar refractivity (Wildman–Crippen MR) is 24.6 cm³/mol. The molecule has 0 heterocycles. The minimum Gasteiger partial charge on any atom is -0.330 e. The average Bonchev–Trinajstić information content (AvgIpc) is 1.14. The van der Waals surface area contributed by atoms with Gasteiger partial charge in [0, 0.05) is 0 Å². The van der Waals surface area contributed by atoms with E-state index in [2.05, 4.69) is 0 Å². The molecule has 0 aromatic carbocycles. The zero-order valence-corrected chi connectivity index (χ0v) is 5.32. The average molecular weight is 181 g/mol. The van der Waals surface area contributed by atoms with E-state index in [-0.39, 0.29) is 0 Å². The van der Waals surface area contributed by atoms with Crippen molar-refractivity contribution in [3.8, 4) is 0 Å². The first-order chi connectivity index (χ1) is 3.71. The third-order valence-electron chi connectivity index (χ3n) is 0.181. The van der Waals surface area contributed by atoms with Crippen LogP contribution in [0.15, 0.2) is 0 Å². The van der Waals surface area contributed by atoms with Crippen molar-refractivity contribution in [2.24, 2.45) is 0 Å². The summed E-state index contributed by atoms with van der Waals surface area (Å²) in [5, 5.41) is 0. The van der Waals surface area contributed by atoms with Crippen LogP contribution in [0.25, 0.3) is 4.13 Å². The van der Waals surface area contributed by atoms with Crippen LogP contribution in [0.1, 0.15) is 0 Å². The topological polar surface area (TPSA) is 86.7 Å². The van der Waals surface area contributed by atoms with Gasteiger partial charge < -0.3 is 4.13 Å². The van der Waals surface area contributed by atoms with E-state index in [1.165, 1.54) is 4.13 Å². The molecule has 0 bridgehead atoms. The van der Waals surface area contributed by atoms with Crippen LogP contribution in [-0.2, 0) is 20.8 Å². The zero-order valence-electron chi connectivity index (χ0n) is 3.69. The third-order valence-corrected chi connectivity index (χ3v) is 1.63. The molecular weight excluding hydrogens is 180 g/mol. The Kier molecular flexibility index (Phi) is 2.09. The second kappa shape index (κ2) is 2.15. The lowest BCUT2D eigenvalue weighted by Gasteiger charge is -1.99. The first-order valence-electron chi connectivity index (χ1n) is 1.36. The van der Waals surface area contributed by atoms with E-state index in [0.29, 0.717) is 0 Å². The lowest BCUT2D eigenvalue weighted by Crippen LogP contribution is -1.94. The Morgan fingerprint density at radius 3 is 1.56 bits per heavy atom. The van der Waals surface area contributed by atoms with E-state index in [0.717, 1.165) is 0 Å². The summed E-state index contributed by atoms with van der Waals surface area (Å²) >= 11 is 0. The molecule has 1 atom stereocenters. The van der Waals surface area contributed by atoms with Crippen molar-refractivity contribution in [1.29, 1.82) is 0 Å². The Hall–Kier alpha value is -0.280. The highest BCUT2D eigenvalue weighted by molar-refractivity contribution is 8.07. The highest BCUT2D eigenvalue weighted by Gasteiger charge is 2.07. The van der Waals surface area contributed by atoms with Crippen molar-refractivity contribution >= 4 is 20.8 Å². The van der Waals surface area contributed by atoms with Gasteiger partial charge in [-0.05, 0) is 0 Å². The first-order valence-corrected chi connectivity index (χ1v) is 4.07. The number of hydrogen-bond acceptors (Lipinski definition) is 3. The molecular formula is HF2NO4S2. The molecule has 9 heteroatoms. The van der Waals surface area contributed by atoms with Gasteiger partial charge in [-0.2, -0.15) is 4.21 Å². The molecule has 9 heavy (non-hydrogen) atoms. The van der Waals surface area contributed by atoms with Gasteiger partial charge in [0.25, 0.3) is 0 Å². The summed E-state index contributed by atoms with van der Waals surface area (Å²) in [7, 11) is -10.9. The van der Waals surface area contributed by atoms with Crippen LogP contribution in [0.5, 0.6) is 0 Å². The standard InChI is InChI=1S/F2NO4S2/c1-8(4,5)3-9(2,6)7/q-1/p+1.